The highest BCUT2D eigenvalue weighted by molar-refractivity contribution is 5.95. The molecule has 0 bridgehead atoms. The molecule has 2 aromatic rings. The Bertz CT molecular complexity index is 950. The molecule has 7 nitrogen and oxygen atoms in total. The van der Waals surface area contributed by atoms with Crippen molar-refractivity contribution in [3.63, 3.8) is 0 Å². The number of hydrogen-bond acceptors (Lipinski definition) is 5. The SMILES string of the molecule is Cc1c(-c2cccc(OC(F)(F)F)c2)cc2n1C(CCNN(O)C(C)(C)C)CNC2=O. The Balaban J connectivity index is 1.85. The predicted molar refractivity (Wildman–Crippen MR) is 109 cm³/mol. The summed E-state index contributed by atoms with van der Waals surface area (Å²) in [7, 11) is 0. The van der Waals surface area contributed by atoms with Crippen LogP contribution in [0, 0.1) is 6.92 Å². The molecule has 170 valence electrons. The van der Waals surface area contributed by atoms with E-state index in [0.717, 1.165) is 10.9 Å². The van der Waals surface area contributed by atoms with Crippen molar-refractivity contribution >= 4 is 5.91 Å². The quantitative estimate of drug-likeness (QED) is 0.591. The van der Waals surface area contributed by atoms with Crippen molar-refractivity contribution in [1.29, 1.82) is 0 Å². The topological polar surface area (TPSA) is 78.8 Å². The van der Waals surface area contributed by atoms with Gasteiger partial charge < -0.3 is 14.6 Å². The van der Waals surface area contributed by atoms with Gasteiger partial charge in [-0.15, -0.1) is 18.3 Å². The second-order valence-electron chi connectivity index (χ2n) is 8.52. The van der Waals surface area contributed by atoms with E-state index in [1.165, 1.54) is 18.2 Å². The van der Waals surface area contributed by atoms with Crippen LogP contribution in [-0.2, 0) is 0 Å². The van der Waals surface area contributed by atoms with E-state index < -0.39 is 11.9 Å². The van der Waals surface area contributed by atoms with Crippen molar-refractivity contribution in [2.75, 3.05) is 13.1 Å². The lowest BCUT2D eigenvalue weighted by molar-refractivity contribution is -0.274. The van der Waals surface area contributed by atoms with Crippen LogP contribution < -0.4 is 15.5 Å². The maximum Gasteiger partial charge on any atom is 0.573 e. The summed E-state index contributed by atoms with van der Waals surface area (Å²) >= 11 is 0. The van der Waals surface area contributed by atoms with Crippen LogP contribution in [0.3, 0.4) is 0 Å². The number of alkyl halides is 3. The Labute approximate surface area is 178 Å². The molecule has 1 aliphatic heterocycles. The number of aromatic nitrogens is 1. The lowest BCUT2D eigenvalue weighted by Crippen LogP contribution is -2.49. The smallest absolute Gasteiger partial charge is 0.406 e. The average molecular weight is 440 g/mol. The number of hydroxylamine groups is 1. The molecule has 0 saturated heterocycles. The molecule has 0 saturated carbocycles. The molecule has 1 aliphatic rings. The number of amides is 1. The molecule has 3 N–H and O–H groups in total. The number of halogens is 3. The predicted octanol–water partition coefficient (Wildman–Crippen LogP) is 4.03. The van der Waals surface area contributed by atoms with Crippen molar-refractivity contribution in [3.05, 3.63) is 41.7 Å². The van der Waals surface area contributed by atoms with Crippen LogP contribution in [-0.4, -0.2) is 45.8 Å². The highest BCUT2D eigenvalue weighted by Gasteiger charge is 2.32. The molecular formula is C21H27F3N4O3. The number of ether oxygens (including phenoxy) is 1. The molecule has 31 heavy (non-hydrogen) atoms. The highest BCUT2D eigenvalue weighted by atomic mass is 19.4. The fourth-order valence-electron chi connectivity index (χ4n) is 3.62. The first-order valence-corrected chi connectivity index (χ1v) is 9.95. The minimum absolute atomic E-state index is 0.0723. The molecule has 0 spiro atoms. The first-order valence-electron chi connectivity index (χ1n) is 9.95. The summed E-state index contributed by atoms with van der Waals surface area (Å²) in [4.78, 5) is 12.4. The number of nitrogens with one attached hydrogen (secondary N) is 2. The third kappa shape index (κ3) is 5.38. The lowest BCUT2D eigenvalue weighted by atomic mass is 10.1. The molecular weight excluding hydrogens is 413 g/mol. The second-order valence-corrected chi connectivity index (χ2v) is 8.52. The third-order valence-corrected chi connectivity index (χ3v) is 5.14. The number of hydrogen-bond donors (Lipinski definition) is 3. The molecule has 0 fully saturated rings. The van der Waals surface area contributed by atoms with Crippen molar-refractivity contribution in [3.8, 4) is 16.9 Å². The summed E-state index contributed by atoms with van der Waals surface area (Å²) in [6.45, 7) is 8.30. The Kier molecular flexibility index (Phi) is 6.35. The van der Waals surface area contributed by atoms with Gasteiger partial charge in [-0.2, -0.15) is 0 Å². The van der Waals surface area contributed by atoms with E-state index in [4.69, 9.17) is 0 Å². The number of rotatable bonds is 6. The van der Waals surface area contributed by atoms with Crippen molar-refractivity contribution < 1.29 is 27.9 Å². The molecule has 1 aromatic heterocycles. The minimum Gasteiger partial charge on any atom is -0.406 e. The van der Waals surface area contributed by atoms with E-state index in [2.05, 4.69) is 15.5 Å². The maximum atomic E-state index is 12.6. The van der Waals surface area contributed by atoms with Gasteiger partial charge in [0.25, 0.3) is 5.91 Å². The van der Waals surface area contributed by atoms with Gasteiger partial charge in [0.2, 0.25) is 0 Å². The summed E-state index contributed by atoms with van der Waals surface area (Å²) in [6, 6.07) is 7.32. The van der Waals surface area contributed by atoms with E-state index in [1.807, 2.05) is 32.3 Å². The summed E-state index contributed by atoms with van der Waals surface area (Å²) < 4.78 is 43.7. The van der Waals surface area contributed by atoms with Gasteiger partial charge in [-0.3, -0.25) is 10.0 Å². The maximum absolute atomic E-state index is 12.6. The standard InChI is InChI=1S/C21H27F3N4O3/c1-13-17(14-6-5-7-16(10-14)31-21(22,23)24)11-18-19(29)25-12-15(27(13)18)8-9-26-28(30)20(2,3)4/h5-7,10-11,15,26,30H,8-9,12H2,1-4H3,(H,25,29). The number of hydrazine groups is 1. The average Bonchev–Trinajstić information content (AvgIpc) is 3.00. The van der Waals surface area contributed by atoms with Gasteiger partial charge in [0.05, 0.1) is 11.6 Å². The number of carbonyl (C=O) groups excluding carboxylic acids is 1. The fourth-order valence-corrected chi connectivity index (χ4v) is 3.62. The number of fused-ring (bicyclic) bond motifs is 1. The molecule has 1 amide bonds. The van der Waals surface area contributed by atoms with Crippen LogP contribution in [0.5, 0.6) is 5.75 Å². The summed E-state index contributed by atoms with van der Waals surface area (Å²) in [5.41, 5.74) is 4.88. The normalized spacial score (nSPS) is 16.9. The Hall–Kier alpha value is -2.56. The van der Waals surface area contributed by atoms with Gasteiger partial charge in [0.1, 0.15) is 11.4 Å². The van der Waals surface area contributed by atoms with Crippen LogP contribution in [0.4, 0.5) is 13.2 Å². The van der Waals surface area contributed by atoms with Crippen molar-refractivity contribution in [1.82, 2.24) is 20.5 Å². The fraction of sp³-hybridized carbons (Fsp3) is 0.476. The first kappa shape index (κ1) is 23.1. The molecule has 3 rings (SSSR count). The van der Waals surface area contributed by atoms with Crippen LogP contribution in [0.25, 0.3) is 11.1 Å². The molecule has 0 radical (unpaired) electrons. The number of nitrogens with zero attached hydrogens (tertiary/aromatic N) is 2. The molecule has 1 unspecified atom stereocenters. The lowest BCUT2D eigenvalue weighted by Gasteiger charge is -2.32. The van der Waals surface area contributed by atoms with Gasteiger partial charge >= 0.3 is 6.36 Å². The third-order valence-electron chi connectivity index (χ3n) is 5.14. The van der Waals surface area contributed by atoms with Crippen LogP contribution in [0.15, 0.2) is 30.3 Å². The molecule has 1 atom stereocenters. The van der Waals surface area contributed by atoms with Gasteiger partial charge in [0.15, 0.2) is 0 Å². The highest BCUT2D eigenvalue weighted by Crippen LogP contribution is 2.34. The van der Waals surface area contributed by atoms with Crippen molar-refractivity contribution in [2.24, 2.45) is 0 Å². The molecule has 1 aromatic carbocycles. The van der Waals surface area contributed by atoms with E-state index in [1.54, 1.807) is 12.1 Å². The van der Waals surface area contributed by atoms with Gasteiger partial charge in [-0.25, -0.2) is 5.43 Å². The summed E-state index contributed by atoms with van der Waals surface area (Å²) in [5.74, 6) is -0.552. The number of carbonyl (C=O) groups is 1. The van der Waals surface area contributed by atoms with E-state index >= 15 is 0 Å². The van der Waals surface area contributed by atoms with Gasteiger partial charge in [0, 0.05) is 24.3 Å². The monoisotopic (exact) mass is 440 g/mol. The number of benzene rings is 1. The van der Waals surface area contributed by atoms with Crippen LogP contribution in [0.1, 0.15) is 49.4 Å². The summed E-state index contributed by atoms with van der Waals surface area (Å²) in [5, 5.41) is 13.9. The van der Waals surface area contributed by atoms with Crippen LogP contribution >= 0.6 is 0 Å². The van der Waals surface area contributed by atoms with E-state index in [-0.39, 0.29) is 17.7 Å². The first-order chi connectivity index (χ1) is 14.4. The zero-order valence-corrected chi connectivity index (χ0v) is 17.9. The molecule has 2 heterocycles. The second kappa shape index (κ2) is 8.52. The Morgan fingerprint density at radius 2 is 2.00 bits per heavy atom. The Morgan fingerprint density at radius 3 is 2.65 bits per heavy atom. The van der Waals surface area contributed by atoms with E-state index in [9.17, 15) is 23.2 Å². The molecule has 10 heteroatoms. The van der Waals surface area contributed by atoms with E-state index in [0.29, 0.717) is 36.3 Å². The minimum atomic E-state index is -4.78. The van der Waals surface area contributed by atoms with Gasteiger partial charge in [-0.05, 0) is 57.9 Å². The zero-order valence-electron chi connectivity index (χ0n) is 17.9. The summed E-state index contributed by atoms with van der Waals surface area (Å²) in [6.07, 6.45) is -4.16. The Morgan fingerprint density at radius 1 is 1.29 bits per heavy atom. The zero-order chi connectivity index (χ0) is 23.0. The molecule has 0 aliphatic carbocycles. The van der Waals surface area contributed by atoms with Crippen molar-refractivity contribution in [2.45, 2.75) is 52.1 Å². The largest absolute Gasteiger partial charge is 0.573 e. The van der Waals surface area contributed by atoms with Crippen LogP contribution in [0.2, 0.25) is 0 Å². The van der Waals surface area contributed by atoms with Gasteiger partial charge in [-0.1, -0.05) is 12.1 Å².